The van der Waals surface area contributed by atoms with Gasteiger partial charge in [-0.25, -0.2) is 0 Å². The van der Waals surface area contributed by atoms with Gasteiger partial charge < -0.3 is 15.8 Å². The maximum atomic E-state index is 11.2. The lowest BCUT2D eigenvalue weighted by molar-refractivity contribution is -0.114. The van der Waals surface area contributed by atoms with Crippen LogP contribution in [0.3, 0.4) is 0 Å². The summed E-state index contributed by atoms with van der Waals surface area (Å²) in [6.07, 6.45) is 4.69. The van der Waals surface area contributed by atoms with E-state index in [1.165, 1.54) is 26.2 Å². The molecule has 0 saturated heterocycles. The van der Waals surface area contributed by atoms with E-state index in [9.17, 15) is 4.79 Å². The topological polar surface area (TPSA) is 64.3 Å². The summed E-state index contributed by atoms with van der Waals surface area (Å²) in [5.41, 5.74) is 7.10. The molecule has 0 aliphatic rings. The van der Waals surface area contributed by atoms with Crippen LogP contribution < -0.4 is 15.8 Å². The molecule has 0 fully saturated rings. The summed E-state index contributed by atoms with van der Waals surface area (Å²) in [6, 6.07) is 5.30. The molecule has 4 nitrogen and oxygen atoms in total. The number of benzene rings is 1. The predicted molar refractivity (Wildman–Crippen MR) is 84.0 cm³/mol. The third-order valence-corrected chi connectivity index (χ3v) is 3.33. The monoisotopic (exact) mass is 278 g/mol. The molecule has 0 radical (unpaired) electrons. The number of hydrogen-bond donors (Lipinski definition) is 2. The van der Waals surface area contributed by atoms with Gasteiger partial charge in [-0.2, -0.15) is 0 Å². The van der Waals surface area contributed by atoms with Gasteiger partial charge in [0.2, 0.25) is 5.91 Å². The van der Waals surface area contributed by atoms with E-state index in [2.05, 4.69) is 19.2 Å². The highest BCUT2D eigenvalue weighted by atomic mass is 16.5. The van der Waals surface area contributed by atoms with Crippen molar-refractivity contribution in [3.05, 3.63) is 18.2 Å². The summed E-state index contributed by atoms with van der Waals surface area (Å²) in [5.74, 6) is 1.08. The molecule has 0 bridgehead atoms. The first kappa shape index (κ1) is 16.3. The predicted octanol–water partition coefficient (Wildman–Crippen LogP) is 3.82. The van der Waals surface area contributed by atoms with E-state index in [1.807, 2.05) is 0 Å². The molecule has 3 N–H and O–H groups in total. The SMILES string of the molecule is CCCCC(CC)COc1cc(N)ccc1NC(C)=O. The van der Waals surface area contributed by atoms with Crippen molar-refractivity contribution in [2.24, 2.45) is 5.92 Å². The molecule has 20 heavy (non-hydrogen) atoms. The molecule has 1 aromatic rings. The Morgan fingerprint density at radius 1 is 1.40 bits per heavy atom. The van der Waals surface area contributed by atoms with Crippen molar-refractivity contribution in [1.82, 2.24) is 0 Å². The van der Waals surface area contributed by atoms with Crippen molar-refractivity contribution in [3.8, 4) is 5.75 Å². The highest BCUT2D eigenvalue weighted by molar-refractivity contribution is 5.90. The van der Waals surface area contributed by atoms with Gasteiger partial charge in [-0.3, -0.25) is 4.79 Å². The van der Waals surface area contributed by atoms with Crippen LogP contribution in [-0.2, 0) is 4.79 Å². The average Bonchev–Trinajstić information content (AvgIpc) is 2.41. The summed E-state index contributed by atoms with van der Waals surface area (Å²) >= 11 is 0. The van der Waals surface area contributed by atoms with Crippen LogP contribution in [0.1, 0.15) is 46.5 Å². The molecule has 4 heteroatoms. The molecule has 0 saturated carbocycles. The Labute approximate surface area is 121 Å². The number of nitrogen functional groups attached to an aromatic ring is 1. The van der Waals surface area contributed by atoms with E-state index >= 15 is 0 Å². The quantitative estimate of drug-likeness (QED) is 0.710. The third-order valence-electron chi connectivity index (χ3n) is 3.33. The Morgan fingerprint density at radius 2 is 2.15 bits per heavy atom. The lowest BCUT2D eigenvalue weighted by Crippen LogP contribution is -2.13. The molecule has 0 aliphatic carbocycles. The molecular formula is C16H26N2O2. The van der Waals surface area contributed by atoms with Crippen molar-refractivity contribution in [2.75, 3.05) is 17.7 Å². The van der Waals surface area contributed by atoms with Gasteiger partial charge >= 0.3 is 0 Å². The number of nitrogens with one attached hydrogen (secondary N) is 1. The fraction of sp³-hybridized carbons (Fsp3) is 0.562. The maximum absolute atomic E-state index is 11.2. The fourth-order valence-electron chi connectivity index (χ4n) is 2.06. The molecule has 0 aromatic heterocycles. The van der Waals surface area contributed by atoms with E-state index < -0.39 is 0 Å². The molecule has 1 aromatic carbocycles. The summed E-state index contributed by atoms with van der Waals surface area (Å²) in [7, 11) is 0. The van der Waals surface area contributed by atoms with Crippen LogP contribution in [0.25, 0.3) is 0 Å². The Kier molecular flexibility index (Phi) is 6.91. The molecule has 1 rings (SSSR count). The number of carbonyl (C=O) groups excluding carboxylic acids is 1. The summed E-state index contributed by atoms with van der Waals surface area (Å²) in [6.45, 7) is 6.51. The molecule has 1 unspecified atom stereocenters. The van der Waals surface area contributed by atoms with E-state index in [0.29, 0.717) is 29.6 Å². The van der Waals surface area contributed by atoms with Crippen LogP contribution in [0.4, 0.5) is 11.4 Å². The van der Waals surface area contributed by atoms with Gasteiger partial charge in [-0.15, -0.1) is 0 Å². The highest BCUT2D eigenvalue weighted by Crippen LogP contribution is 2.28. The van der Waals surface area contributed by atoms with Gasteiger partial charge in [0.1, 0.15) is 5.75 Å². The van der Waals surface area contributed by atoms with Gasteiger partial charge in [0, 0.05) is 18.7 Å². The lowest BCUT2D eigenvalue weighted by Gasteiger charge is -2.18. The van der Waals surface area contributed by atoms with E-state index in [1.54, 1.807) is 18.2 Å². The highest BCUT2D eigenvalue weighted by Gasteiger charge is 2.10. The minimum atomic E-state index is -0.113. The largest absolute Gasteiger partial charge is 0.491 e. The van der Waals surface area contributed by atoms with Gasteiger partial charge in [0.15, 0.2) is 0 Å². The first-order valence-corrected chi connectivity index (χ1v) is 7.36. The number of amides is 1. The Hall–Kier alpha value is -1.71. The van der Waals surface area contributed by atoms with Crippen LogP contribution >= 0.6 is 0 Å². The van der Waals surface area contributed by atoms with Crippen molar-refractivity contribution in [2.45, 2.75) is 46.5 Å². The first-order chi connectivity index (χ1) is 9.56. The van der Waals surface area contributed by atoms with E-state index in [0.717, 1.165) is 6.42 Å². The minimum absolute atomic E-state index is 0.113. The first-order valence-electron chi connectivity index (χ1n) is 7.36. The Morgan fingerprint density at radius 3 is 2.75 bits per heavy atom. The molecular weight excluding hydrogens is 252 g/mol. The second-order valence-electron chi connectivity index (χ2n) is 5.16. The minimum Gasteiger partial charge on any atom is -0.491 e. The van der Waals surface area contributed by atoms with Crippen molar-refractivity contribution in [3.63, 3.8) is 0 Å². The molecule has 0 aliphatic heterocycles. The summed E-state index contributed by atoms with van der Waals surface area (Å²) < 4.78 is 5.87. The second kappa shape index (κ2) is 8.46. The van der Waals surface area contributed by atoms with Gasteiger partial charge in [-0.1, -0.05) is 33.1 Å². The van der Waals surface area contributed by atoms with Crippen molar-refractivity contribution < 1.29 is 9.53 Å². The van der Waals surface area contributed by atoms with Gasteiger partial charge in [0.25, 0.3) is 0 Å². The average molecular weight is 278 g/mol. The van der Waals surface area contributed by atoms with Gasteiger partial charge in [0.05, 0.1) is 12.3 Å². The van der Waals surface area contributed by atoms with Crippen molar-refractivity contribution >= 4 is 17.3 Å². The molecule has 0 spiro atoms. The fourth-order valence-corrected chi connectivity index (χ4v) is 2.06. The number of carbonyl (C=O) groups is 1. The second-order valence-corrected chi connectivity index (χ2v) is 5.16. The van der Waals surface area contributed by atoms with Crippen LogP contribution in [-0.4, -0.2) is 12.5 Å². The zero-order valence-electron chi connectivity index (χ0n) is 12.7. The molecule has 112 valence electrons. The lowest BCUT2D eigenvalue weighted by atomic mass is 10.0. The molecule has 0 heterocycles. The normalized spacial score (nSPS) is 11.9. The van der Waals surface area contributed by atoms with Crippen molar-refractivity contribution in [1.29, 1.82) is 0 Å². The van der Waals surface area contributed by atoms with Gasteiger partial charge in [-0.05, 0) is 24.5 Å². The molecule has 1 atom stereocenters. The summed E-state index contributed by atoms with van der Waals surface area (Å²) in [4.78, 5) is 11.2. The number of rotatable bonds is 8. The standard InChI is InChI=1S/C16H26N2O2/c1-4-6-7-13(5-2)11-20-16-10-14(17)8-9-15(16)18-12(3)19/h8-10,13H,4-7,11,17H2,1-3H3,(H,18,19). The van der Waals surface area contributed by atoms with Crippen LogP contribution in [0.15, 0.2) is 18.2 Å². The number of anilines is 2. The number of nitrogens with two attached hydrogens (primary N) is 1. The number of hydrogen-bond acceptors (Lipinski definition) is 3. The van der Waals surface area contributed by atoms with Crippen LogP contribution in [0.5, 0.6) is 5.75 Å². The zero-order chi connectivity index (χ0) is 15.0. The maximum Gasteiger partial charge on any atom is 0.221 e. The van der Waals surface area contributed by atoms with E-state index in [-0.39, 0.29) is 5.91 Å². The third kappa shape index (κ3) is 5.51. The van der Waals surface area contributed by atoms with E-state index in [4.69, 9.17) is 10.5 Å². The molecule has 1 amide bonds. The summed E-state index contributed by atoms with van der Waals surface area (Å²) in [5, 5.41) is 2.77. The number of ether oxygens (including phenoxy) is 1. The smallest absolute Gasteiger partial charge is 0.221 e. The van der Waals surface area contributed by atoms with Crippen LogP contribution in [0, 0.1) is 5.92 Å². The number of unbranched alkanes of at least 4 members (excludes halogenated alkanes) is 1. The Bertz CT molecular complexity index is 432. The van der Waals surface area contributed by atoms with Crippen LogP contribution in [0.2, 0.25) is 0 Å². The Balaban J connectivity index is 2.69. The zero-order valence-corrected chi connectivity index (χ0v) is 12.7.